The van der Waals surface area contributed by atoms with E-state index in [1.165, 1.54) is 6.42 Å². The molecule has 0 radical (unpaired) electrons. The Kier molecular flexibility index (Phi) is 5.94. The number of carbonyl (C=O) groups excluding carboxylic acids is 1. The normalized spacial score (nSPS) is 25.1. The van der Waals surface area contributed by atoms with E-state index in [1.54, 1.807) is 0 Å². The number of likely N-dealkylation sites (N-methyl/N-ethyl adjacent to an activating group) is 1. The molecular weight excluding hydrogens is 354 g/mol. The number of hydrogen-bond acceptors (Lipinski definition) is 5. The molecule has 152 valence electrons. The number of aromatic amines is 1. The highest BCUT2D eigenvalue weighted by Gasteiger charge is 2.32. The number of aliphatic hydroxyl groups excluding tert-OH is 1. The molecule has 0 unspecified atom stereocenters. The second-order valence-corrected chi connectivity index (χ2v) is 8.44. The number of aromatic nitrogens is 2. The summed E-state index contributed by atoms with van der Waals surface area (Å²) >= 11 is 0. The molecule has 7 nitrogen and oxygen atoms in total. The fourth-order valence-electron chi connectivity index (χ4n) is 4.67. The van der Waals surface area contributed by atoms with Crippen molar-refractivity contribution in [2.24, 2.45) is 11.8 Å². The molecule has 28 heavy (non-hydrogen) atoms. The lowest BCUT2D eigenvalue weighted by Gasteiger charge is -2.39. The summed E-state index contributed by atoms with van der Waals surface area (Å²) in [5.74, 6) is 0.502. The molecule has 2 aromatic rings. The molecule has 0 saturated carbocycles. The van der Waals surface area contributed by atoms with E-state index in [9.17, 15) is 9.90 Å². The van der Waals surface area contributed by atoms with Crippen LogP contribution in [0.4, 0.5) is 0 Å². The van der Waals surface area contributed by atoms with Crippen molar-refractivity contribution in [3.8, 4) is 0 Å². The van der Waals surface area contributed by atoms with E-state index in [2.05, 4.69) is 27.0 Å². The maximum absolute atomic E-state index is 13.2. The molecule has 2 saturated heterocycles. The van der Waals surface area contributed by atoms with E-state index in [4.69, 9.17) is 0 Å². The highest BCUT2D eigenvalue weighted by Crippen LogP contribution is 2.26. The zero-order valence-corrected chi connectivity index (χ0v) is 16.7. The minimum absolute atomic E-state index is 0.0313. The number of rotatable bonds is 4. The van der Waals surface area contributed by atoms with Gasteiger partial charge in [-0.3, -0.25) is 9.89 Å². The van der Waals surface area contributed by atoms with Crippen LogP contribution in [0.3, 0.4) is 0 Å². The SMILES string of the molecule is CN1CCCN(C[C@H]2C[C@H](CO)CN(C(=O)c3n[nH]c4ccccc34)C2)CC1. The van der Waals surface area contributed by atoms with Gasteiger partial charge in [-0.2, -0.15) is 5.10 Å². The molecule has 0 aliphatic carbocycles. The van der Waals surface area contributed by atoms with Gasteiger partial charge in [0.15, 0.2) is 5.69 Å². The van der Waals surface area contributed by atoms with Crippen molar-refractivity contribution in [2.75, 3.05) is 59.5 Å². The van der Waals surface area contributed by atoms with Gasteiger partial charge in [0.2, 0.25) is 0 Å². The summed E-state index contributed by atoms with van der Waals surface area (Å²) < 4.78 is 0. The number of aliphatic hydroxyl groups is 1. The molecule has 1 aromatic heterocycles. The predicted molar refractivity (Wildman–Crippen MR) is 109 cm³/mol. The number of fused-ring (bicyclic) bond motifs is 1. The molecule has 2 atom stereocenters. The number of likely N-dealkylation sites (tertiary alicyclic amines) is 1. The molecule has 1 amide bonds. The standard InChI is InChI=1S/C21H31N5O2/c1-24-7-4-8-25(10-9-24)12-16-11-17(15-27)14-26(13-16)21(28)20-18-5-2-3-6-19(18)22-23-20/h2-3,5-6,16-17,27H,4,7-15H2,1H3,(H,22,23)/t16-,17+/m1/s1. The van der Waals surface area contributed by atoms with Gasteiger partial charge in [0.05, 0.1) is 5.52 Å². The van der Waals surface area contributed by atoms with E-state index >= 15 is 0 Å². The largest absolute Gasteiger partial charge is 0.396 e. The van der Waals surface area contributed by atoms with E-state index in [-0.39, 0.29) is 18.4 Å². The van der Waals surface area contributed by atoms with Crippen LogP contribution in [0.25, 0.3) is 10.9 Å². The molecule has 3 heterocycles. The fourth-order valence-corrected chi connectivity index (χ4v) is 4.67. The van der Waals surface area contributed by atoms with Crippen LogP contribution in [0.2, 0.25) is 0 Å². The monoisotopic (exact) mass is 385 g/mol. The van der Waals surface area contributed by atoms with Crippen molar-refractivity contribution >= 4 is 16.8 Å². The molecule has 1 aromatic carbocycles. The lowest BCUT2D eigenvalue weighted by Crippen LogP contribution is -2.48. The number of carbonyl (C=O) groups is 1. The summed E-state index contributed by atoms with van der Waals surface area (Å²) in [4.78, 5) is 20.0. The second-order valence-electron chi connectivity index (χ2n) is 8.44. The highest BCUT2D eigenvalue weighted by molar-refractivity contribution is 6.04. The van der Waals surface area contributed by atoms with E-state index < -0.39 is 0 Å². The average molecular weight is 386 g/mol. The van der Waals surface area contributed by atoms with Crippen LogP contribution in [-0.4, -0.2) is 95.4 Å². The summed E-state index contributed by atoms with van der Waals surface area (Å²) in [6.45, 7) is 6.91. The third kappa shape index (κ3) is 4.21. The van der Waals surface area contributed by atoms with Crippen LogP contribution in [0, 0.1) is 11.8 Å². The molecular formula is C21H31N5O2. The van der Waals surface area contributed by atoms with E-state index in [1.807, 2.05) is 29.2 Å². The zero-order valence-electron chi connectivity index (χ0n) is 16.7. The van der Waals surface area contributed by atoms with Gasteiger partial charge in [0.1, 0.15) is 0 Å². The van der Waals surface area contributed by atoms with Gasteiger partial charge in [-0.15, -0.1) is 0 Å². The Hall–Kier alpha value is -1.96. The first kappa shape index (κ1) is 19.4. The van der Waals surface area contributed by atoms with Crippen LogP contribution >= 0.6 is 0 Å². The smallest absolute Gasteiger partial charge is 0.275 e. The summed E-state index contributed by atoms with van der Waals surface area (Å²) in [6, 6.07) is 7.74. The Morgan fingerprint density at radius 1 is 1.18 bits per heavy atom. The Balaban J connectivity index is 1.47. The predicted octanol–water partition coefficient (Wildman–Crippen LogP) is 1.27. The summed E-state index contributed by atoms with van der Waals surface area (Å²) in [5, 5.41) is 17.9. The zero-order chi connectivity index (χ0) is 19.5. The molecule has 0 bridgehead atoms. The Morgan fingerprint density at radius 2 is 2.00 bits per heavy atom. The number of amides is 1. The molecule has 2 N–H and O–H groups in total. The summed E-state index contributed by atoms with van der Waals surface area (Å²) in [7, 11) is 2.18. The van der Waals surface area contributed by atoms with E-state index in [0.29, 0.717) is 18.2 Å². The van der Waals surface area contributed by atoms with Crippen molar-refractivity contribution in [2.45, 2.75) is 12.8 Å². The molecule has 2 fully saturated rings. The van der Waals surface area contributed by atoms with Crippen LogP contribution in [0.5, 0.6) is 0 Å². The first-order valence-electron chi connectivity index (χ1n) is 10.4. The third-order valence-electron chi connectivity index (χ3n) is 6.17. The van der Waals surface area contributed by atoms with Crippen molar-refractivity contribution in [1.29, 1.82) is 0 Å². The number of nitrogens with zero attached hydrogens (tertiary/aromatic N) is 4. The van der Waals surface area contributed by atoms with Crippen LogP contribution in [0.15, 0.2) is 24.3 Å². The van der Waals surface area contributed by atoms with Gasteiger partial charge in [0, 0.05) is 44.7 Å². The maximum atomic E-state index is 13.2. The topological polar surface area (TPSA) is 75.7 Å². The minimum atomic E-state index is -0.0313. The van der Waals surface area contributed by atoms with Crippen molar-refractivity contribution in [3.05, 3.63) is 30.0 Å². The van der Waals surface area contributed by atoms with Gasteiger partial charge in [-0.25, -0.2) is 0 Å². The average Bonchev–Trinajstić information content (AvgIpc) is 3.04. The summed E-state index contributed by atoms with van der Waals surface area (Å²) in [5.41, 5.74) is 1.37. The number of H-pyrrole nitrogens is 1. The van der Waals surface area contributed by atoms with Crippen molar-refractivity contribution in [3.63, 3.8) is 0 Å². The molecule has 4 rings (SSSR count). The Bertz CT molecular complexity index is 807. The number of nitrogens with one attached hydrogen (secondary N) is 1. The summed E-state index contributed by atoms with van der Waals surface area (Å²) in [6.07, 6.45) is 2.17. The lowest BCUT2D eigenvalue weighted by atomic mass is 9.89. The van der Waals surface area contributed by atoms with Gasteiger partial charge in [0.25, 0.3) is 5.91 Å². The fraction of sp³-hybridized carbons (Fsp3) is 0.619. The van der Waals surface area contributed by atoms with Gasteiger partial charge >= 0.3 is 0 Å². The van der Waals surface area contributed by atoms with Gasteiger partial charge in [-0.1, -0.05) is 18.2 Å². The molecule has 2 aliphatic heterocycles. The molecule has 2 aliphatic rings. The number of piperidine rings is 1. The Labute approximate surface area is 166 Å². The minimum Gasteiger partial charge on any atom is -0.396 e. The molecule has 7 heteroatoms. The van der Waals surface area contributed by atoms with Crippen LogP contribution < -0.4 is 0 Å². The van der Waals surface area contributed by atoms with E-state index in [0.717, 1.165) is 56.6 Å². The number of para-hydroxylation sites is 1. The van der Waals surface area contributed by atoms with Crippen molar-refractivity contribution in [1.82, 2.24) is 24.9 Å². The third-order valence-corrected chi connectivity index (χ3v) is 6.17. The van der Waals surface area contributed by atoms with Gasteiger partial charge in [-0.05, 0) is 50.9 Å². The quantitative estimate of drug-likeness (QED) is 0.829. The van der Waals surface area contributed by atoms with Crippen molar-refractivity contribution < 1.29 is 9.90 Å². The maximum Gasteiger partial charge on any atom is 0.275 e. The molecule has 0 spiro atoms. The Morgan fingerprint density at radius 3 is 2.86 bits per heavy atom. The number of benzene rings is 1. The van der Waals surface area contributed by atoms with Crippen LogP contribution in [0.1, 0.15) is 23.3 Å². The number of hydrogen-bond donors (Lipinski definition) is 2. The highest BCUT2D eigenvalue weighted by atomic mass is 16.3. The first-order chi connectivity index (χ1) is 13.6. The van der Waals surface area contributed by atoms with Crippen LogP contribution in [-0.2, 0) is 0 Å². The van der Waals surface area contributed by atoms with Gasteiger partial charge < -0.3 is 19.8 Å². The first-order valence-corrected chi connectivity index (χ1v) is 10.4. The lowest BCUT2D eigenvalue weighted by molar-refractivity contribution is 0.0450. The second kappa shape index (κ2) is 8.59.